The van der Waals surface area contributed by atoms with E-state index >= 15 is 0 Å². The van der Waals surface area contributed by atoms with Crippen LogP contribution in [0.1, 0.15) is 0 Å². The minimum absolute atomic E-state index is 0.347. The third-order valence-electron chi connectivity index (χ3n) is 1.23. The molecule has 0 aromatic heterocycles. The van der Waals surface area contributed by atoms with Crippen molar-refractivity contribution in [3.8, 4) is 0 Å². The molecular formula is C7H8NO2-. The van der Waals surface area contributed by atoms with E-state index in [2.05, 4.69) is 0 Å². The molecule has 1 aromatic rings. The summed E-state index contributed by atoms with van der Waals surface area (Å²) in [4.78, 5) is 0. The van der Waals surface area contributed by atoms with Gasteiger partial charge in [0.1, 0.15) is 5.69 Å². The highest BCUT2D eigenvalue weighted by molar-refractivity contribution is 5.27. The van der Waals surface area contributed by atoms with Gasteiger partial charge in [-0.15, -0.1) is 0 Å². The van der Waals surface area contributed by atoms with Crippen LogP contribution in [0.15, 0.2) is 30.3 Å². The van der Waals surface area contributed by atoms with Gasteiger partial charge in [-0.05, 0) is 12.1 Å². The lowest BCUT2D eigenvalue weighted by Crippen LogP contribution is -3.04. The summed E-state index contributed by atoms with van der Waals surface area (Å²) < 4.78 is 0. The number of hydrogen-bond donors (Lipinski definition) is 1. The number of quaternary nitrogens is 1. The van der Waals surface area contributed by atoms with Crippen LogP contribution in [0.4, 0.5) is 5.69 Å². The van der Waals surface area contributed by atoms with Gasteiger partial charge in [0.05, 0.1) is 0 Å². The highest BCUT2D eigenvalue weighted by Crippen LogP contribution is 1.96. The van der Waals surface area contributed by atoms with Crippen LogP contribution >= 0.6 is 0 Å². The van der Waals surface area contributed by atoms with Crippen molar-refractivity contribution < 1.29 is 10.2 Å². The van der Waals surface area contributed by atoms with Gasteiger partial charge < -0.3 is 15.4 Å². The Morgan fingerprint density at radius 2 is 1.80 bits per heavy atom. The summed E-state index contributed by atoms with van der Waals surface area (Å²) in [6.07, 6.45) is 0. The van der Waals surface area contributed by atoms with Gasteiger partial charge in [0.2, 0.25) is 0 Å². The maximum atomic E-state index is 10.7. The highest BCUT2D eigenvalue weighted by atomic mass is 16.5. The van der Waals surface area contributed by atoms with Crippen molar-refractivity contribution in [3.05, 3.63) is 35.5 Å². The van der Waals surface area contributed by atoms with Crippen LogP contribution in [0.25, 0.3) is 0 Å². The monoisotopic (exact) mass is 138 g/mol. The second-order valence-electron chi connectivity index (χ2n) is 1.93. The third kappa shape index (κ3) is 1.54. The molecule has 0 heterocycles. The van der Waals surface area contributed by atoms with E-state index in [1.807, 2.05) is 6.07 Å². The van der Waals surface area contributed by atoms with Crippen molar-refractivity contribution in [1.82, 2.24) is 0 Å². The Bertz CT molecular complexity index is 188. The van der Waals surface area contributed by atoms with Crippen LogP contribution in [0, 0.1) is 5.21 Å². The topological polar surface area (TPSA) is 50.6 Å². The maximum Gasteiger partial charge on any atom is 0.130 e. The lowest BCUT2D eigenvalue weighted by atomic mass is 10.3. The zero-order valence-electron chi connectivity index (χ0n) is 5.41. The first-order valence-electron chi connectivity index (χ1n) is 3.01. The van der Waals surface area contributed by atoms with Gasteiger partial charge in [0.25, 0.3) is 0 Å². The van der Waals surface area contributed by atoms with Crippen molar-refractivity contribution in [3.63, 3.8) is 0 Å². The fraction of sp³-hybridized carbons (Fsp3) is 0.143. The Morgan fingerprint density at radius 3 is 2.30 bits per heavy atom. The van der Waals surface area contributed by atoms with E-state index in [0.717, 1.165) is 0 Å². The van der Waals surface area contributed by atoms with E-state index in [9.17, 15) is 10.3 Å². The van der Waals surface area contributed by atoms with Crippen molar-refractivity contribution in [2.75, 3.05) is 6.73 Å². The number of hydrogen-bond acceptors (Lipinski definition) is 2. The zero-order valence-corrected chi connectivity index (χ0v) is 5.41. The van der Waals surface area contributed by atoms with E-state index in [-0.39, 0.29) is 5.06 Å². The van der Waals surface area contributed by atoms with Crippen molar-refractivity contribution >= 4 is 5.69 Å². The number of rotatable bonds is 2. The summed E-state index contributed by atoms with van der Waals surface area (Å²) in [5, 5.41) is 20.4. The van der Waals surface area contributed by atoms with E-state index in [4.69, 9.17) is 0 Å². The summed E-state index contributed by atoms with van der Waals surface area (Å²) in [5.41, 5.74) is 0.498. The first kappa shape index (κ1) is 7.21. The van der Waals surface area contributed by atoms with E-state index in [0.29, 0.717) is 5.69 Å². The second-order valence-corrected chi connectivity index (χ2v) is 1.93. The molecule has 3 heteroatoms. The molecule has 0 aliphatic heterocycles. The molecule has 1 rings (SSSR count). The Hall–Kier alpha value is -0.900. The molecule has 1 aromatic carbocycles. The molecule has 0 aliphatic carbocycles. The molecule has 3 nitrogen and oxygen atoms in total. The summed E-state index contributed by atoms with van der Waals surface area (Å²) in [5.74, 6) is 0. The number of nitrogens with one attached hydrogen (secondary N) is 1. The first-order chi connectivity index (χ1) is 4.84. The molecule has 54 valence electrons. The molecule has 1 unspecified atom stereocenters. The lowest BCUT2D eigenvalue weighted by Gasteiger charge is -2.24. The van der Waals surface area contributed by atoms with Gasteiger partial charge >= 0.3 is 0 Å². The van der Waals surface area contributed by atoms with Crippen LogP contribution in [-0.2, 0) is 0 Å². The van der Waals surface area contributed by atoms with Crippen LogP contribution in [-0.4, -0.2) is 6.73 Å². The van der Waals surface area contributed by atoms with Gasteiger partial charge in [-0.1, -0.05) is 18.2 Å². The molecule has 0 bridgehead atoms. The second kappa shape index (κ2) is 3.31. The first-order valence-corrected chi connectivity index (χ1v) is 3.01. The van der Waals surface area contributed by atoms with Gasteiger partial charge in [0.15, 0.2) is 0 Å². The van der Waals surface area contributed by atoms with Gasteiger partial charge in [-0.25, -0.2) is 0 Å². The number of benzene rings is 1. The van der Waals surface area contributed by atoms with Crippen molar-refractivity contribution in [2.45, 2.75) is 0 Å². The summed E-state index contributed by atoms with van der Waals surface area (Å²) in [6.45, 7) is -0.663. The normalized spacial score (nSPS) is 13.0. The predicted octanol–water partition coefficient (Wildman–Crippen LogP) is -0.981. The van der Waals surface area contributed by atoms with Crippen LogP contribution < -0.4 is 10.2 Å². The predicted molar refractivity (Wildman–Crippen MR) is 35.3 cm³/mol. The highest BCUT2D eigenvalue weighted by Gasteiger charge is 1.91. The van der Waals surface area contributed by atoms with Crippen LogP contribution in [0.3, 0.4) is 0 Å². The standard InChI is InChI=1S/C7H8NO2/c9-6-8(10)7-4-2-1-3-5-7/h1-5,8H,6H2/q-1. The zero-order chi connectivity index (χ0) is 7.40. The largest absolute Gasteiger partial charge is 0.808 e. The number of hydroxylamine groups is 1. The molecule has 0 spiro atoms. The average molecular weight is 138 g/mol. The van der Waals surface area contributed by atoms with E-state index < -0.39 is 6.73 Å². The molecule has 0 amide bonds. The molecule has 1 N–H and O–H groups in total. The van der Waals surface area contributed by atoms with Crippen molar-refractivity contribution in [2.24, 2.45) is 0 Å². The fourth-order valence-electron chi connectivity index (χ4n) is 0.707. The molecule has 1 atom stereocenters. The Balaban J connectivity index is 2.75. The smallest absolute Gasteiger partial charge is 0.130 e. The SMILES string of the molecule is [O-]C[NH+]([O-])c1ccccc1. The minimum atomic E-state index is -0.663. The maximum absolute atomic E-state index is 10.7. The number of para-hydroxylation sites is 1. The average Bonchev–Trinajstić information content (AvgIpc) is 2.05. The summed E-state index contributed by atoms with van der Waals surface area (Å²) in [6, 6.07) is 8.56. The van der Waals surface area contributed by atoms with Crippen molar-refractivity contribution in [1.29, 1.82) is 0 Å². The summed E-state index contributed by atoms with van der Waals surface area (Å²) >= 11 is 0. The van der Waals surface area contributed by atoms with Crippen LogP contribution in [0.5, 0.6) is 0 Å². The van der Waals surface area contributed by atoms with Gasteiger partial charge in [0, 0.05) is 6.73 Å². The Morgan fingerprint density at radius 1 is 1.20 bits per heavy atom. The minimum Gasteiger partial charge on any atom is -0.808 e. The van der Waals surface area contributed by atoms with Gasteiger partial charge in [-0.2, -0.15) is 0 Å². The molecule has 0 aliphatic rings. The molecule has 0 saturated carbocycles. The summed E-state index contributed by atoms with van der Waals surface area (Å²) in [7, 11) is 0. The molecule has 0 saturated heterocycles. The third-order valence-corrected chi connectivity index (χ3v) is 1.23. The molecular weight excluding hydrogens is 130 g/mol. The quantitative estimate of drug-likeness (QED) is 0.422. The molecule has 0 fully saturated rings. The van der Waals surface area contributed by atoms with Crippen LogP contribution in [0.2, 0.25) is 0 Å². The Labute approximate surface area is 59.1 Å². The fourth-order valence-corrected chi connectivity index (χ4v) is 0.707. The van der Waals surface area contributed by atoms with E-state index in [1.54, 1.807) is 24.3 Å². The molecule has 10 heavy (non-hydrogen) atoms. The lowest BCUT2D eigenvalue weighted by molar-refractivity contribution is -0.861. The Kier molecular flexibility index (Phi) is 2.39. The van der Waals surface area contributed by atoms with Gasteiger partial charge in [-0.3, -0.25) is 0 Å². The molecule has 0 radical (unpaired) electrons. The van der Waals surface area contributed by atoms with E-state index in [1.165, 1.54) is 0 Å².